The van der Waals surface area contributed by atoms with Crippen LogP contribution in [0.4, 0.5) is 11.9 Å². The fourth-order valence-corrected chi connectivity index (χ4v) is 2.26. The summed E-state index contributed by atoms with van der Waals surface area (Å²) >= 11 is 0. The van der Waals surface area contributed by atoms with Crippen molar-refractivity contribution in [3.63, 3.8) is 0 Å². The average molecular weight is 252 g/mol. The van der Waals surface area contributed by atoms with Gasteiger partial charge in [0, 0.05) is 12.6 Å². The molecule has 1 saturated heterocycles. The van der Waals surface area contributed by atoms with Crippen molar-refractivity contribution in [3.05, 3.63) is 0 Å². The minimum atomic E-state index is 0.171. The number of piperidine rings is 1. The number of methoxy groups -OCH3 is 1. The van der Waals surface area contributed by atoms with E-state index in [-0.39, 0.29) is 12.0 Å². The highest BCUT2D eigenvalue weighted by atomic mass is 16.5. The van der Waals surface area contributed by atoms with Crippen LogP contribution in [0.3, 0.4) is 0 Å². The van der Waals surface area contributed by atoms with E-state index in [1.807, 2.05) is 0 Å². The molecule has 18 heavy (non-hydrogen) atoms. The van der Waals surface area contributed by atoms with E-state index in [4.69, 9.17) is 10.5 Å². The molecule has 7 nitrogen and oxygen atoms in total. The molecule has 7 heteroatoms. The van der Waals surface area contributed by atoms with Crippen molar-refractivity contribution in [2.75, 3.05) is 38.3 Å². The number of aromatic nitrogens is 3. The Labute approximate surface area is 107 Å². The number of hydrogen-bond donors (Lipinski definition) is 2. The Balaban J connectivity index is 2.06. The summed E-state index contributed by atoms with van der Waals surface area (Å²) < 4.78 is 4.98. The van der Waals surface area contributed by atoms with E-state index in [0.29, 0.717) is 17.9 Å². The van der Waals surface area contributed by atoms with Gasteiger partial charge >= 0.3 is 6.01 Å². The van der Waals surface area contributed by atoms with Gasteiger partial charge in [-0.3, -0.25) is 0 Å². The van der Waals surface area contributed by atoms with Crippen LogP contribution in [0.5, 0.6) is 6.01 Å². The van der Waals surface area contributed by atoms with Gasteiger partial charge in [0.2, 0.25) is 11.9 Å². The van der Waals surface area contributed by atoms with Crippen molar-refractivity contribution >= 4 is 11.9 Å². The maximum Gasteiger partial charge on any atom is 0.322 e. The van der Waals surface area contributed by atoms with E-state index in [1.54, 1.807) is 0 Å². The van der Waals surface area contributed by atoms with Crippen molar-refractivity contribution in [3.8, 4) is 6.01 Å². The van der Waals surface area contributed by atoms with Crippen LogP contribution >= 0.6 is 0 Å². The highest BCUT2D eigenvalue weighted by molar-refractivity contribution is 5.33. The number of nitrogen functional groups attached to an aromatic ring is 1. The molecule has 0 aliphatic carbocycles. The summed E-state index contributed by atoms with van der Waals surface area (Å²) in [5.41, 5.74) is 5.61. The highest BCUT2D eigenvalue weighted by Crippen LogP contribution is 2.19. The van der Waals surface area contributed by atoms with Gasteiger partial charge in [-0.2, -0.15) is 15.0 Å². The zero-order valence-corrected chi connectivity index (χ0v) is 11.1. The Morgan fingerprint density at radius 1 is 1.39 bits per heavy atom. The molecule has 1 aliphatic rings. The van der Waals surface area contributed by atoms with Crippen molar-refractivity contribution in [2.24, 2.45) is 5.92 Å². The second-order valence-electron chi connectivity index (χ2n) is 4.78. The van der Waals surface area contributed by atoms with Crippen LogP contribution in [0.25, 0.3) is 0 Å². The maximum atomic E-state index is 5.61. The van der Waals surface area contributed by atoms with Crippen LogP contribution in [0.1, 0.15) is 13.3 Å². The summed E-state index contributed by atoms with van der Waals surface area (Å²) in [6.07, 6.45) is 1.06. The lowest BCUT2D eigenvalue weighted by atomic mass is 9.94. The van der Waals surface area contributed by atoms with Crippen molar-refractivity contribution in [1.29, 1.82) is 0 Å². The number of nitrogens with zero attached hydrogens (tertiary/aromatic N) is 4. The molecule has 100 valence electrons. The van der Waals surface area contributed by atoms with Gasteiger partial charge in [0.05, 0.1) is 7.11 Å². The second-order valence-corrected chi connectivity index (χ2v) is 4.78. The molecule has 0 amide bonds. The third-order valence-electron chi connectivity index (χ3n) is 3.24. The molecule has 2 rings (SSSR count). The monoisotopic (exact) mass is 252 g/mol. The van der Waals surface area contributed by atoms with Gasteiger partial charge in [0.25, 0.3) is 0 Å². The summed E-state index contributed by atoms with van der Waals surface area (Å²) in [7, 11) is 3.65. The molecule has 0 radical (unpaired) electrons. The van der Waals surface area contributed by atoms with Gasteiger partial charge in [-0.1, -0.05) is 6.92 Å². The SMILES string of the molecule is COc1nc(N)nc(NC2CCN(C)CC2C)n1. The minimum Gasteiger partial charge on any atom is -0.467 e. The number of ether oxygens (including phenoxy) is 1. The first-order valence-electron chi connectivity index (χ1n) is 6.09. The number of nitrogens with two attached hydrogens (primary N) is 1. The first kappa shape index (κ1) is 12.8. The van der Waals surface area contributed by atoms with Crippen LogP contribution in [-0.4, -0.2) is 53.1 Å². The van der Waals surface area contributed by atoms with E-state index < -0.39 is 0 Å². The molecule has 0 bridgehead atoms. The molecule has 0 spiro atoms. The molecule has 0 saturated carbocycles. The molecular formula is C11H20N6O. The fraction of sp³-hybridized carbons (Fsp3) is 0.727. The van der Waals surface area contributed by atoms with Crippen LogP contribution in [0, 0.1) is 5.92 Å². The van der Waals surface area contributed by atoms with Gasteiger partial charge in [-0.15, -0.1) is 0 Å². The summed E-state index contributed by atoms with van der Waals surface area (Å²) in [6, 6.07) is 0.596. The first-order valence-corrected chi connectivity index (χ1v) is 6.09. The zero-order valence-electron chi connectivity index (χ0n) is 11.1. The van der Waals surface area contributed by atoms with E-state index in [9.17, 15) is 0 Å². The third-order valence-corrected chi connectivity index (χ3v) is 3.24. The number of nitrogens with one attached hydrogen (secondary N) is 1. The molecule has 1 fully saturated rings. The lowest BCUT2D eigenvalue weighted by Gasteiger charge is -2.35. The standard InChI is InChI=1S/C11H20N6O/c1-7-6-17(2)5-4-8(7)13-10-14-9(12)15-11(16-10)18-3/h7-8H,4-6H2,1-3H3,(H3,12,13,14,15,16). The largest absolute Gasteiger partial charge is 0.467 e. The molecule has 2 atom stereocenters. The topological polar surface area (TPSA) is 89.2 Å². The predicted octanol–water partition coefficient (Wildman–Crippen LogP) is 0.215. The highest BCUT2D eigenvalue weighted by Gasteiger charge is 2.24. The van der Waals surface area contributed by atoms with Gasteiger partial charge < -0.3 is 20.7 Å². The van der Waals surface area contributed by atoms with Crippen molar-refractivity contribution < 1.29 is 4.74 Å². The number of rotatable bonds is 3. The Bertz CT molecular complexity index is 413. The predicted molar refractivity (Wildman–Crippen MR) is 69.5 cm³/mol. The van der Waals surface area contributed by atoms with Crippen LogP contribution in [0.2, 0.25) is 0 Å². The van der Waals surface area contributed by atoms with Crippen LogP contribution in [-0.2, 0) is 0 Å². The fourth-order valence-electron chi connectivity index (χ4n) is 2.26. The van der Waals surface area contributed by atoms with E-state index in [0.717, 1.165) is 19.5 Å². The van der Waals surface area contributed by atoms with Gasteiger partial charge in [-0.25, -0.2) is 0 Å². The van der Waals surface area contributed by atoms with Crippen LogP contribution in [0.15, 0.2) is 0 Å². The molecule has 1 aliphatic heterocycles. The third kappa shape index (κ3) is 2.98. The number of hydrogen-bond acceptors (Lipinski definition) is 7. The Hall–Kier alpha value is -1.63. The van der Waals surface area contributed by atoms with Gasteiger partial charge in [0.1, 0.15) is 0 Å². The van der Waals surface area contributed by atoms with Crippen molar-refractivity contribution in [2.45, 2.75) is 19.4 Å². The Kier molecular flexibility index (Phi) is 3.81. The van der Waals surface area contributed by atoms with E-state index in [1.165, 1.54) is 7.11 Å². The summed E-state index contributed by atoms with van der Waals surface area (Å²) in [5, 5.41) is 3.32. The maximum absolute atomic E-state index is 5.61. The first-order chi connectivity index (χ1) is 8.58. The molecule has 0 aromatic carbocycles. The lowest BCUT2D eigenvalue weighted by Crippen LogP contribution is -2.43. The molecular weight excluding hydrogens is 232 g/mol. The second kappa shape index (κ2) is 5.34. The van der Waals surface area contributed by atoms with Gasteiger partial charge in [0.15, 0.2) is 0 Å². The van der Waals surface area contributed by atoms with E-state index in [2.05, 4.69) is 39.1 Å². The quantitative estimate of drug-likeness (QED) is 0.795. The summed E-state index contributed by atoms with van der Waals surface area (Å²) in [5.74, 6) is 1.19. The smallest absolute Gasteiger partial charge is 0.322 e. The normalized spacial score (nSPS) is 24.8. The van der Waals surface area contributed by atoms with Crippen LogP contribution < -0.4 is 15.8 Å². The average Bonchev–Trinajstić information content (AvgIpc) is 2.32. The summed E-state index contributed by atoms with van der Waals surface area (Å²) in [4.78, 5) is 14.4. The minimum absolute atomic E-state index is 0.171. The Morgan fingerprint density at radius 2 is 2.17 bits per heavy atom. The molecule has 1 aromatic heterocycles. The Morgan fingerprint density at radius 3 is 2.83 bits per heavy atom. The lowest BCUT2D eigenvalue weighted by molar-refractivity contribution is 0.205. The molecule has 1 aromatic rings. The number of likely N-dealkylation sites (tertiary alicyclic amines) is 1. The molecule has 3 N–H and O–H groups in total. The number of anilines is 2. The van der Waals surface area contributed by atoms with Crippen molar-refractivity contribution in [1.82, 2.24) is 19.9 Å². The zero-order chi connectivity index (χ0) is 13.1. The van der Waals surface area contributed by atoms with E-state index >= 15 is 0 Å². The molecule has 2 heterocycles. The van der Waals surface area contributed by atoms with Gasteiger partial charge in [-0.05, 0) is 25.9 Å². The summed E-state index contributed by atoms with van der Waals surface area (Å²) in [6.45, 7) is 4.35. The molecule has 2 unspecified atom stereocenters.